The molecular formula is C13H11BrFN3S2. The standard InChI is InChI=1S/C13H11BrFN3S2/c1-8(11-6-7-12(14)20-11)17-18-13(19)16-10-4-2-9(15)3-5-10/h2-7H,1H3,(H2,16,18,19)/b17-8-. The molecule has 7 heteroatoms. The van der Waals surface area contributed by atoms with Crippen molar-refractivity contribution in [1.29, 1.82) is 0 Å². The molecule has 1 aromatic carbocycles. The topological polar surface area (TPSA) is 36.4 Å². The molecule has 0 bridgehead atoms. The van der Waals surface area contributed by atoms with Crippen molar-refractivity contribution in [3.05, 3.63) is 50.9 Å². The Balaban J connectivity index is 1.93. The van der Waals surface area contributed by atoms with Gasteiger partial charge in [0.1, 0.15) is 5.82 Å². The molecule has 0 spiro atoms. The Kier molecular flexibility index (Phi) is 5.22. The first kappa shape index (κ1) is 15.1. The Morgan fingerprint density at radius 1 is 1.25 bits per heavy atom. The van der Waals surface area contributed by atoms with E-state index in [9.17, 15) is 4.39 Å². The Labute approximate surface area is 134 Å². The van der Waals surface area contributed by atoms with E-state index in [0.29, 0.717) is 10.8 Å². The van der Waals surface area contributed by atoms with Crippen molar-refractivity contribution >= 4 is 56.0 Å². The third kappa shape index (κ3) is 4.36. The summed E-state index contributed by atoms with van der Waals surface area (Å²) < 4.78 is 13.8. The molecule has 2 N–H and O–H groups in total. The molecule has 0 aliphatic heterocycles. The van der Waals surface area contributed by atoms with Crippen LogP contribution in [0.1, 0.15) is 11.8 Å². The van der Waals surface area contributed by atoms with E-state index < -0.39 is 0 Å². The minimum Gasteiger partial charge on any atom is -0.331 e. The fourth-order valence-corrected chi connectivity index (χ4v) is 2.89. The van der Waals surface area contributed by atoms with Crippen LogP contribution < -0.4 is 10.7 Å². The summed E-state index contributed by atoms with van der Waals surface area (Å²) in [6.07, 6.45) is 0. The number of hydrogen-bond acceptors (Lipinski definition) is 3. The van der Waals surface area contributed by atoms with Crippen LogP contribution in [0.15, 0.2) is 45.3 Å². The number of nitrogens with zero attached hydrogens (tertiary/aromatic N) is 1. The highest BCUT2D eigenvalue weighted by Gasteiger charge is 2.02. The van der Waals surface area contributed by atoms with Gasteiger partial charge in [-0.1, -0.05) is 0 Å². The number of hydrogen-bond donors (Lipinski definition) is 2. The van der Waals surface area contributed by atoms with E-state index in [2.05, 4.69) is 31.8 Å². The van der Waals surface area contributed by atoms with Gasteiger partial charge in [0.25, 0.3) is 0 Å². The van der Waals surface area contributed by atoms with Crippen molar-refractivity contribution in [1.82, 2.24) is 5.43 Å². The maximum atomic E-state index is 12.8. The molecule has 0 aliphatic rings. The lowest BCUT2D eigenvalue weighted by molar-refractivity contribution is 0.628. The number of thiocarbonyl (C=S) groups is 1. The Morgan fingerprint density at radius 2 is 1.95 bits per heavy atom. The summed E-state index contributed by atoms with van der Waals surface area (Å²) in [7, 11) is 0. The molecule has 2 aromatic rings. The van der Waals surface area contributed by atoms with E-state index in [-0.39, 0.29) is 5.82 Å². The molecule has 1 heterocycles. The zero-order chi connectivity index (χ0) is 14.5. The third-order valence-electron chi connectivity index (χ3n) is 2.36. The summed E-state index contributed by atoms with van der Waals surface area (Å²) in [5, 5.41) is 7.48. The van der Waals surface area contributed by atoms with Crippen LogP contribution in [0.2, 0.25) is 0 Å². The second-order valence-electron chi connectivity index (χ2n) is 3.87. The van der Waals surface area contributed by atoms with Gasteiger partial charge in [0.05, 0.1) is 14.4 Å². The van der Waals surface area contributed by atoms with Crippen LogP contribution in [-0.4, -0.2) is 10.8 Å². The van der Waals surface area contributed by atoms with Crippen LogP contribution in [0.5, 0.6) is 0 Å². The number of benzene rings is 1. The van der Waals surface area contributed by atoms with Crippen LogP contribution >= 0.6 is 39.5 Å². The van der Waals surface area contributed by atoms with Crippen molar-refractivity contribution in [2.24, 2.45) is 5.10 Å². The number of nitrogens with one attached hydrogen (secondary N) is 2. The normalized spacial score (nSPS) is 11.2. The van der Waals surface area contributed by atoms with Crippen molar-refractivity contribution in [3.63, 3.8) is 0 Å². The Morgan fingerprint density at radius 3 is 2.55 bits per heavy atom. The van der Waals surface area contributed by atoms with Gasteiger partial charge in [0.15, 0.2) is 5.11 Å². The van der Waals surface area contributed by atoms with Gasteiger partial charge >= 0.3 is 0 Å². The monoisotopic (exact) mass is 371 g/mol. The second-order valence-corrected chi connectivity index (χ2v) is 6.75. The predicted molar refractivity (Wildman–Crippen MR) is 90.0 cm³/mol. The van der Waals surface area contributed by atoms with Gasteiger partial charge in [-0.15, -0.1) is 11.3 Å². The highest BCUT2D eigenvalue weighted by Crippen LogP contribution is 2.22. The first-order valence-electron chi connectivity index (χ1n) is 5.67. The van der Waals surface area contributed by atoms with Gasteiger partial charge in [0, 0.05) is 5.69 Å². The molecule has 0 aliphatic carbocycles. The summed E-state index contributed by atoms with van der Waals surface area (Å²) in [5.74, 6) is -0.286. The zero-order valence-corrected chi connectivity index (χ0v) is 13.7. The third-order valence-corrected chi connectivity index (χ3v) is 4.28. The highest BCUT2D eigenvalue weighted by atomic mass is 79.9. The average Bonchev–Trinajstić information content (AvgIpc) is 2.85. The van der Waals surface area contributed by atoms with E-state index in [1.807, 2.05) is 19.1 Å². The van der Waals surface area contributed by atoms with Gasteiger partial charge in [-0.2, -0.15) is 5.10 Å². The summed E-state index contributed by atoms with van der Waals surface area (Å²) in [5.41, 5.74) is 4.30. The first-order valence-corrected chi connectivity index (χ1v) is 7.69. The molecule has 20 heavy (non-hydrogen) atoms. The lowest BCUT2D eigenvalue weighted by Crippen LogP contribution is -2.24. The number of hydrazone groups is 1. The van der Waals surface area contributed by atoms with Crippen molar-refractivity contribution in [3.8, 4) is 0 Å². The summed E-state index contributed by atoms with van der Waals surface area (Å²) in [6, 6.07) is 9.89. The molecule has 0 atom stereocenters. The van der Waals surface area contributed by atoms with E-state index >= 15 is 0 Å². The van der Waals surface area contributed by atoms with Gasteiger partial charge < -0.3 is 5.32 Å². The van der Waals surface area contributed by atoms with Crippen LogP contribution in [-0.2, 0) is 0 Å². The number of rotatable bonds is 3. The molecule has 0 fully saturated rings. The molecule has 3 nitrogen and oxygen atoms in total. The zero-order valence-electron chi connectivity index (χ0n) is 10.5. The average molecular weight is 372 g/mol. The van der Waals surface area contributed by atoms with Gasteiger partial charge in [-0.25, -0.2) is 4.39 Å². The fraction of sp³-hybridized carbons (Fsp3) is 0.0769. The van der Waals surface area contributed by atoms with E-state index in [1.165, 1.54) is 12.1 Å². The molecule has 0 saturated heterocycles. The number of halogens is 2. The Bertz CT molecular complexity index is 637. The molecule has 104 valence electrons. The first-order chi connectivity index (χ1) is 9.54. The minimum atomic E-state index is -0.286. The van der Waals surface area contributed by atoms with Gasteiger partial charge in [-0.3, -0.25) is 5.43 Å². The van der Waals surface area contributed by atoms with Crippen molar-refractivity contribution in [2.75, 3.05) is 5.32 Å². The molecule has 1 aromatic heterocycles. The number of thiophene rings is 1. The van der Waals surface area contributed by atoms with E-state index in [0.717, 1.165) is 14.4 Å². The van der Waals surface area contributed by atoms with Crippen LogP contribution in [0.25, 0.3) is 0 Å². The molecule has 0 unspecified atom stereocenters. The molecular weight excluding hydrogens is 361 g/mol. The lowest BCUT2D eigenvalue weighted by atomic mass is 10.3. The summed E-state index contributed by atoms with van der Waals surface area (Å²) in [4.78, 5) is 1.05. The maximum absolute atomic E-state index is 12.8. The van der Waals surface area contributed by atoms with Crippen molar-refractivity contribution < 1.29 is 4.39 Å². The molecule has 0 saturated carbocycles. The highest BCUT2D eigenvalue weighted by molar-refractivity contribution is 9.11. The molecule has 0 amide bonds. The van der Waals surface area contributed by atoms with Crippen LogP contribution in [0.4, 0.5) is 10.1 Å². The van der Waals surface area contributed by atoms with Gasteiger partial charge in [-0.05, 0) is 71.5 Å². The largest absolute Gasteiger partial charge is 0.331 e. The van der Waals surface area contributed by atoms with Gasteiger partial charge in [0.2, 0.25) is 0 Å². The SMILES string of the molecule is C/C(=N/NC(=S)Nc1ccc(F)cc1)c1ccc(Br)s1. The predicted octanol–water partition coefficient (Wildman–Crippen LogP) is 4.36. The fourth-order valence-electron chi connectivity index (χ4n) is 1.39. The van der Waals surface area contributed by atoms with Crippen LogP contribution in [0.3, 0.4) is 0 Å². The second kappa shape index (κ2) is 6.92. The van der Waals surface area contributed by atoms with Crippen molar-refractivity contribution in [2.45, 2.75) is 6.92 Å². The number of anilines is 1. The summed E-state index contributed by atoms with van der Waals surface area (Å²) in [6.45, 7) is 1.89. The van der Waals surface area contributed by atoms with E-state index in [1.54, 1.807) is 23.5 Å². The smallest absolute Gasteiger partial charge is 0.191 e. The maximum Gasteiger partial charge on any atom is 0.191 e. The summed E-state index contributed by atoms with van der Waals surface area (Å²) >= 11 is 10.1. The molecule has 0 radical (unpaired) electrons. The molecule has 2 rings (SSSR count). The quantitative estimate of drug-likeness (QED) is 0.478. The minimum absolute atomic E-state index is 0.286. The van der Waals surface area contributed by atoms with E-state index in [4.69, 9.17) is 12.2 Å². The van der Waals surface area contributed by atoms with Crippen LogP contribution in [0, 0.1) is 5.82 Å². The lowest BCUT2D eigenvalue weighted by Gasteiger charge is -2.07. The Hall–Kier alpha value is -1.31.